The van der Waals surface area contributed by atoms with Gasteiger partial charge in [-0.05, 0) is 12.3 Å². The highest BCUT2D eigenvalue weighted by Gasteiger charge is 2.16. The van der Waals surface area contributed by atoms with E-state index in [0.29, 0.717) is 18.9 Å². The predicted molar refractivity (Wildman–Crippen MR) is 69.4 cm³/mol. The van der Waals surface area contributed by atoms with Crippen molar-refractivity contribution in [3.05, 3.63) is 0 Å². The van der Waals surface area contributed by atoms with Gasteiger partial charge in [-0.25, -0.2) is 0 Å². The number of nitrogens with one attached hydrogen (secondary N) is 2. The number of carboxylic acids is 1. The summed E-state index contributed by atoms with van der Waals surface area (Å²) in [6, 6.07) is -0.630. The maximum absolute atomic E-state index is 11.3. The third-order valence-electron chi connectivity index (χ3n) is 2.09. The molecule has 1 atom stereocenters. The molecular formula is C11H23ClN2O3. The van der Waals surface area contributed by atoms with Gasteiger partial charge in [0.1, 0.15) is 6.04 Å². The van der Waals surface area contributed by atoms with E-state index in [1.165, 1.54) is 0 Å². The SMILES string of the molecule is CCCC(NCC(=O)NCC(C)C)C(=O)O.Cl. The second-order valence-electron chi connectivity index (χ2n) is 4.26. The molecule has 6 heteroatoms. The summed E-state index contributed by atoms with van der Waals surface area (Å²) < 4.78 is 0. The number of hydrogen-bond acceptors (Lipinski definition) is 3. The predicted octanol–water partition coefficient (Wildman–Crippen LogP) is 1.02. The van der Waals surface area contributed by atoms with Crippen LogP contribution >= 0.6 is 12.4 Å². The van der Waals surface area contributed by atoms with Gasteiger partial charge in [0.15, 0.2) is 0 Å². The van der Waals surface area contributed by atoms with E-state index in [9.17, 15) is 9.59 Å². The molecule has 0 saturated carbocycles. The Labute approximate surface area is 109 Å². The van der Waals surface area contributed by atoms with E-state index in [2.05, 4.69) is 10.6 Å². The van der Waals surface area contributed by atoms with E-state index in [1.807, 2.05) is 20.8 Å². The second kappa shape index (κ2) is 10.4. The first-order valence-electron chi connectivity index (χ1n) is 5.70. The molecule has 0 heterocycles. The molecule has 0 radical (unpaired) electrons. The smallest absolute Gasteiger partial charge is 0.320 e. The van der Waals surface area contributed by atoms with Gasteiger partial charge >= 0.3 is 5.97 Å². The first-order valence-corrected chi connectivity index (χ1v) is 5.70. The Bertz CT molecular complexity index is 235. The summed E-state index contributed by atoms with van der Waals surface area (Å²) in [6.07, 6.45) is 1.31. The lowest BCUT2D eigenvalue weighted by atomic mass is 10.1. The molecule has 5 nitrogen and oxygen atoms in total. The second-order valence-corrected chi connectivity index (χ2v) is 4.26. The minimum Gasteiger partial charge on any atom is -0.480 e. The fraction of sp³-hybridized carbons (Fsp3) is 0.818. The van der Waals surface area contributed by atoms with Crippen LogP contribution in [0, 0.1) is 5.92 Å². The maximum Gasteiger partial charge on any atom is 0.320 e. The largest absolute Gasteiger partial charge is 0.480 e. The van der Waals surface area contributed by atoms with Crippen molar-refractivity contribution in [3.8, 4) is 0 Å². The highest BCUT2D eigenvalue weighted by molar-refractivity contribution is 5.85. The number of rotatable bonds is 8. The topological polar surface area (TPSA) is 78.4 Å². The summed E-state index contributed by atoms with van der Waals surface area (Å²) >= 11 is 0. The molecule has 1 unspecified atom stereocenters. The van der Waals surface area contributed by atoms with E-state index in [-0.39, 0.29) is 24.9 Å². The number of amides is 1. The number of aliphatic carboxylic acids is 1. The summed E-state index contributed by atoms with van der Waals surface area (Å²) in [5.74, 6) is -0.663. The van der Waals surface area contributed by atoms with E-state index in [0.717, 1.165) is 6.42 Å². The monoisotopic (exact) mass is 266 g/mol. The summed E-state index contributed by atoms with van der Waals surface area (Å²) in [7, 11) is 0. The summed E-state index contributed by atoms with van der Waals surface area (Å²) in [6.45, 7) is 6.60. The van der Waals surface area contributed by atoms with Crippen LogP contribution in [0.15, 0.2) is 0 Å². The third kappa shape index (κ3) is 10.1. The quantitative estimate of drug-likeness (QED) is 0.613. The Morgan fingerprint density at radius 2 is 1.88 bits per heavy atom. The van der Waals surface area contributed by atoms with Crippen LogP contribution in [-0.2, 0) is 9.59 Å². The van der Waals surface area contributed by atoms with Crippen molar-refractivity contribution in [2.24, 2.45) is 5.92 Å². The van der Waals surface area contributed by atoms with Crippen LogP contribution in [0.1, 0.15) is 33.6 Å². The van der Waals surface area contributed by atoms with E-state index >= 15 is 0 Å². The van der Waals surface area contributed by atoms with E-state index in [4.69, 9.17) is 5.11 Å². The van der Waals surface area contributed by atoms with Gasteiger partial charge in [-0.2, -0.15) is 0 Å². The van der Waals surface area contributed by atoms with Crippen molar-refractivity contribution < 1.29 is 14.7 Å². The van der Waals surface area contributed by atoms with Gasteiger partial charge in [0, 0.05) is 6.54 Å². The van der Waals surface area contributed by atoms with Gasteiger partial charge in [-0.1, -0.05) is 27.2 Å². The van der Waals surface area contributed by atoms with E-state index < -0.39 is 12.0 Å². The molecule has 0 spiro atoms. The lowest BCUT2D eigenvalue weighted by Crippen LogP contribution is -2.43. The summed E-state index contributed by atoms with van der Waals surface area (Å²) in [5.41, 5.74) is 0. The zero-order chi connectivity index (χ0) is 12.6. The third-order valence-corrected chi connectivity index (χ3v) is 2.09. The van der Waals surface area contributed by atoms with Crippen molar-refractivity contribution in [1.29, 1.82) is 0 Å². The lowest BCUT2D eigenvalue weighted by Gasteiger charge is -2.13. The minimum atomic E-state index is -0.904. The fourth-order valence-electron chi connectivity index (χ4n) is 1.20. The maximum atomic E-state index is 11.3. The molecule has 17 heavy (non-hydrogen) atoms. The van der Waals surface area contributed by atoms with Gasteiger partial charge in [0.2, 0.25) is 5.91 Å². The van der Waals surface area contributed by atoms with Crippen molar-refractivity contribution >= 4 is 24.3 Å². The highest BCUT2D eigenvalue weighted by Crippen LogP contribution is 1.96. The van der Waals surface area contributed by atoms with Crippen LogP contribution in [0.25, 0.3) is 0 Å². The summed E-state index contributed by atoms with van der Waals surface area (Å²) in [4.78, 5) is 22.1. The normalized spacial score (nSPS) is 11.8. The number of carbonyl (C=O) groups excluding carboxylic acids is 1. The van der Waals surface area contributed by atoms with Crippen molar-refractivity contribution in [3.63, 3.8) is 0 Å². The lowest BCUT2D eigenvalue weighted by molar-refractivity contribution is -0.139. The molecule has 1 amide bonds. The van der Waals surface area contributed by atoms with E-state index in [1.54, 1.807) is 0 Å². The zero-order valence-electron chi connectivity index (χ0n) is 10.7. The Kier molecular flexibility index (Phi) is 11.3. The molecule has 0 aliphatic rings. The Morgan fingerprint density at radius 3 is 2.29 bits per heavy atom. The van der Waals surface area contributed by atoms with Crippen LogP contribution in [0.2, 0.25) is 0 Å². The van der Waals surface area contributed by atoms with Crippen molar-refractivity contribution in [2.75, 3.05) is 13.1 Å². The first kappa shape index (κ1) is 18.6. The average molecular weight is 267 g/mol. The molecule has 0 rings (SSSR count). The highest BCUT2D eigenvalue weighted by atomic mass is 35.5. The molecule has 0 aliphatic heterocycles. The number of halogens is 1. The Balaban J connectivity index is 0. The Morgan fingerprint density at radius 1 is 1.29 bits per heavy atom. The summed E-state index contributed by atoms with van der Waals surface area (Å²) in [5, 5.41) is 14.3. The van der Waals surface area contributed by atoms with Crippen LogP contribution in [0.4, 0.5) is 0 Å². The molecule has 0 fully saturated rings. The van der Waals surface area contributed by atoms with Crippen LogP contribution in [0.3, 0.4) is 0 Å². The van der Waals surface area contributed by atoms with Crippen LogP contribution in [0.5, 0.6) is 0 Å². The van der Waals surface area contributed by atoms with Gasteiger partial charge in [-0.15, -0.1) is 12.4 Å². The van der Waals surface area contributed by atoms with Crippen molar-refractivity contribution in [1.82, 2.24) is 10.6 Å². The molecule has 3 N–H and O–H groups in total. The molecule has 0 saturated heterocycles. The zero-order valence-corrected chi connectivity index (χ0v) is 11.5. The molecule has 0 aliphatic carbocycles. The number of carboxylic acid groups (broad SMARTS) is 1. The van der Waals surface area contributed by atoms with Crippen molar-refractivity contribution in [2.45, 2.75) is 39.7 Å². The van der Waals surface area contributed by atoms with Crippen LogP contribution < -0.4 is 10.6 Å². The number of hydrogen-bond donors (Lipinski definition) is 3. The van der Waals surface area contributed by atoms with Gasteiger partial charge in [-0.3, -0.25) is 14.9 Å². The molecule has 0 aromatic rings. The average Bonchev–Trinajstić information content (AvgIpc) is 2.20. The molecule has 0 aromatic carbocycles. The Hall–Kier alpha value is -0.810. The fourth-order valence-corrected chi connectivity index (χ4v) is 1.20. The van der Waals surface area contributed by atoms with Gasteiger partial charge < -0.3 is 10.4 Å². The first-order chi connectivity index (χ1) is 7.47. The molecule has 0 aromatic heterocycles. The molecular weight excluding hydrogens is 244 g/mol. The van der Waals surface area contributed by atoms with Crippen LogP contribution in [-0.4, -0.2) is 36.1 Å². The van der Waals surface area contributed by atoms with Gasteiger partial charge in [0.25, 0.3) is 0 Å². The molecule has 102 valence electrons. The minimum absolute atomic E-state index is 0. The van der Waals surface area contributed by atoms with Gasteiger partial charge in [0.05, 0.1) is 6.54 Å². The molecule has 0 bridgehead atoms. The number of carbonyl (C=O) groups is 2. The standard InChI is InChI=1S/C11H22N2O3.ClH/c1-4-5-9(11(15)16)12-7-10(14)13-6-8(2)3;/h8-9,12H,4-7H2,1-3H3,(H,13,14)(H,15,16);1H.